The molecule has 6 nitrogen and oxygen atoms in total. The van der Waals surface area contributed by atoms with Crippen molar-refractivity contribution in [1.82, 2.24) is 15.1 Å². The third kappa shape index (κ3) is 2.92. The number of anilines is 1. The van der Waals surface area contributed by atoms with Crippen molar-refractivity contribution < 1.29 is 9.53 Å². The maximum Gasteiger partial charge on any atom is 0.284 e. The van der Waals surface area contributed by atoms with E-state index in [9.17, 15) is 4.79 Å². The van der Waals surface area contributed by atoms with Gasteiger partial charge in [-0.2, -0.15) is 0 Å². The maximum absolute atomic E-state index is 12.1. The molecule has 0 saturated carbocycles. The Morgan fingerprint density at radius 1 is 1.65 bits per heavy atom. The van der Waals surface area contributed by atoms with Crippen LogP contribution >= 0.6 is 11.3 Å². The number of methoxy groups -OCH3 is 1. The molecule has 1 aromatic heterocycles. The average molecular weight is 256 g/mol. The summed E-state index contributed by atoms with van der Waals surface area (Å²) in [5.74, 6) is 0.350. The zero-order valence-corrected chi connectivity index (χ0v) is 10.6. The molecule has 17 heavy (non-hydrogen) atoms. The van der Waals surface area contributed by atoms with Crippen molar-refractivity contribution in [3.05, 3.63) is 5.01 Å². The van der Waals surface area contributed by atoms with Crippen LogP contribution in [-0.2, 0) is 4.74 Å². The summed E-state index contributed by atoms with van der Waals surface area (Å²) < 4.78 is 5.14. The van der Waals surface area contributed by atoms with Gasteiger partial charge >= 0.3 is 0 Å². The predicted octanol–water partition coefficient (Wildman–Crippen LogP) is 0.619. The van der Waals surface area contributed by atoms with E-state index in [0.717, 1.165) is 37.3 Å². The van der Waals surface area contributed by atoms with E-state index in [1.165, 1.54) is 0 Å². The Balaban J connectivity index is 1.99. The van der Waals surface area contributed by atoms with E-state index in [1.807, 2.05) is 4.90 Å². The van der Waals surface area contributed by atoms with Crippen molar-refractivity contribution in [2.75, 3.05) is 32.5 Å². The van der Waals surface area contributed by atoms with E-state index in [2.05, 4.69) is 10.2 Å². The first kappa shape index (κ1) is 12.3. The molecule has 0 spiro atoms. The first-order chi connectivity index (χ1) is 8.20. The molecule has 1 amide bonds. The summed E-state index contributed by atoms with van der Waals surface area (Å²) in [5.41, 5.74) is 5.48. The summed E-state index contributed by atoms with van der Waals surface area (Å²) >= 11 is 1.14. The highest BCUT2D eigenvalue weighted by molar-refractivity contribution is 7.16. The maximum atomic E-state index is 12.1. The van der Waals surface area contributed by atoms with Crippen LogP contribution in [0.25, 0.3) is 0 Å². The smallest absolute Gasteiger partial charge is 0.284 e. The van der Waals surface area contributed by atoms with Gasteiger partial charge in [0, 0.05) is 20.2 Å². The number of likely N-dealkylation sites (tertiary alicyclic amines) is 1. The second kappa shape index (κ2) is 5.42. The number of nitrogen functional groups attached to an aromatic ring is 1. The number of carbonyl (C=O) groups excluding carboxylic acids is 1. The van der Waals surface area contributed by atoms with Gasteiger partial charge in [-0.25, -0.2) is 0 Å². The van der Waals surface area contributed by atoms with Crippen LogP contribution in [0.2, 0.25) is 0 Å². The van der Waals surface area contributed by atoms with Gasteiger partial charge in [-0.1, -0.05) is 11.3 Å². The van der Waals surface area contributed by atoms with E-state index < -0.39 is 0 Å². The van der Waals surface area contributed by atoms with Gasteiger partial charge in [0.25, 0.3) is 5.91 Å². The first-order valence-corrected chi connectivity index (χ1v) is 6.39. The summed E-state index contributed by atoms with van der Waals surface area (Å²) in [6.07, 6.45) is 2.12. The predicted molar refractivity (Wildman–Crippen MR) is 64.8 cm³/mol. The first-order valence-electron chi connectivity index (χ1n) is 5.58. The lowest BCUT2D eigenvalue weighted by Crippen LogP contribution is -2.41. The Kier molecular flexibility index (Phi) is 3.90. The van der Waals surface area contributed by atoms with Gasteiger partial charge < -0.3 is 15.4 Å². The number of piperidine rings is 1. The quantitative estimate of drug-likeness (QED) is 0.857. The zero-order chi connectivity index (χ0) is 12.3. The van der Waals surface area contributed by atoms with Crippen LogP contribution in [0.15, 0.2) is 0 Å². The van der Waals surface area contributed by atoms with Crippen molar-refractivity contribution in [1.29, 1.82) is 0 Å². The Morgan fingerprint density at radius 3 is 3.12 bits per heavy atom. The van der Waals surface area contributed by atoms with Crippen LogP contribution in [0, 0.1) is 5.92 Å². The van der Waals surface area contributed by atoms with Crippen molar-refractivity contribution in [3.8, 4) is 0 Å². The molecule has 2 heterocycles. The number of ether oxygens (including phenoxy) is 1. The SMILES string of the molecule is COCC1CCCN(C(=O)c2nnc(N)s2)C1. The molecule has 0 aromatic carbocycles. The van der Waals surface area contributed by atoms with Crippen LogP contribution in [-0.4, -0.2) is 47.8 Å². The average Bonchev–Trinajstić information content (AvgIpc) is 2.76. The van der Waals surface area contributed by atoms with Crippen molar-refractivity contribution in [3.63, 3.8) is 0 Å². The molecule has 1 saturated heterocycles. The van der Waals surface area contributed by atoms with E-state index >= 15 is 0 Å². The highest BCUT2D eigenvalue weighted by Crippen LogP contribution is 2.20. The number of aromatic nitrogens is 2. The molecule has 1 aliphatic rings. The molecule has 1 aliphatic heterocycles. The number of carbonyl (C=O) groups is 1. The Morgan fingerprint density at radius 2 is 2.47 bits per heavy atom. The highest BCUT2D eigenvalue weighted by atomic mass is 32.1. The van der Waals surface area contributed by atoms with Gasteiger partial charge in [0.1, 0.15) is 0 Å². The molecule has 1 fully saturated rings. The van der Waals surface area contributed by atoms with Crippen LogP contribution in [0.4, 0.5) is 5.13 Å². The molecule has 1 atom stereocenters. The fourth-order valence-corrected chi connectivity index (χ4v) is 2.66. The van der Waals surface area contributed by atoms with Gasteiger partial charge in [0.15, 0.2) is 0 Å². The number of amides is 1. The second-order valence-electron chi connectivity index (χ2n) is 4.16. The fraction of sp³-hybridized carbons (Fsp3) is 0.700. The van der Waals surface area contributed by atoms with Gasteiger partial charge in [0.05, 0.1) is 6.61 Å². The van der Waals surface area contributed by atoms with Crippen LogP contribution in [0.5, 0.6) is 0 Å². The molecule has 1 aromatic rings. The molecule has 7 heteroatoms. The summed E-state index contributed by atoms with van der Waals surface area (Å²) in [6.45, 7) is 2.20. The van der Waals surface area contributed by atoms with E-state index in [4.69, 9.17) is 10.5 Å². The summed E-state index contributed by atoms with van der Waals surface area (Å²) in [4.78, 5) is 13.9. The topological polar surface area (TPSA) is 81.3 Å². The second-order valence-corrected chi connectivity index (χ2v) is 5.17. The summed E-state index contributed by atoms with van der Waals surface area (Å²) in [6, 6.07) is 0. The van der Waals surface area contributed by atoms with Gasteiger partial charge in [-0.05, 0) is 18.8 Å². The minimum Gasteiger partial charge on any atom is -0.384 e. The van der Waals surface area contributed by atoms with Crippen LogP contribution < -0.4 is 5.73 Å². The standard InChI is InChI=1S/C10H16N4O2S/c1-16-6-7-3-2-4-14(5-7)9(15)8-12-13-10(11)17-8/h7H,2-6H2,1H3,(H2,11,13). The lowest BCUT2D eigenvalue weighted by molar-refractivity contribution is 0.0570. The molecular weight excluding hydrogens is 240 g/mol. The molecule has 2 N–H and O–H groups in total. The normalized spacial score (nSPS) is 20.5. The number of hydrogen-bond acceptors (Lipinski definition) is 6. The Labute approximate surface area is 104 Å². The molecule has 0 aliphatic carbocycles. The third-order valence-electron chi connectivity index (χ3n) is 2.83. The lowest BCUT2D eigenvalue weighted by atomic mass is 9.99. The number of rotatable bonds is 3. The zero-order valence-electron chi connectivity index (χ0n) is 9.76. The lowest BCUT2D eigenvalue weighted by Gasteiger charge is -2.31. The van der Waals surface area contributed by atoms with Gasteiger partial charge in [-0.3, -0.25) is 4.79 Å². The monoisotopic (exact) mass is 256 g/mol. The number of nitrogens with zero attached hydrogens (tertiary/aromatic N) is 3. The van der Waals surface area contributed by atoms with Crippen molar-refractivity contribution in [2.24, 2.45) is 5.92 Å². The molecule has 94 valence electrons. The minimum absolute atomic E-state index is 0.0694. The molecule has 2 rings (SSSR count). The third-order valence-corrected chi connectivity index (χ3v) is 3.57. The van der Waals surface area contributed by atoms with Gasteiger partial charge in [0.2, 0.25) is 10.1 Å². The minimum atomic E-state index is -0.0694. The number of hydrogen-bond donors (Lipinski definition) is 1. The summed E-state index contributed by atoms with van der Waals surface area (Å²) in [5, 5.41) is 8.15. The Bertz CT molecular complexity index is 393. The Hall–Kier alpha value is -1.21. The van der Waals surface area contributed by atoms with Crippen molar-refractivity contribution >= 4 is 22.4 Å². The van der Waals surface area contributed by atoms with E-state index in [-0.39, 0.29) is 5.91 Å². The van der Waals surface area contributed by atoms with Crippen molar-refractivity contribution in [2.45, 2.75) is 12.8 Å². The van der Waals surface area contributed by atoms with Crippen LogP contribution in [0.1, 0.15) is 22.6 Å². The van der Waals surface area contributed by atoms with Crippen LogP contribution in [0.3, 0.4) is 0 Å². The van der Waals surface area contributed by atoms with Gasteiger partial charge in [-0.15, -0.1) is 10.2 Å². The molecule has 0 radical (unpaired) electrons. The highest BCUT2D eigenvalue weighted by Gasteiger charge is 2.26. The molecule has 1 unspecified atom stereocenters. The molecule has 0 bridgehead atoms. The molecular formula is C10H16N4O2S. The largest absolute Gasteiger partial charge is 0.384 e. The summed E-state index contributed by atoms with van der Waals surface area (Å²) in [7, 11) is 1.69. The van der Waals surface area contributed by atoms with E-state index in [0.29, 0.717) is 22.7 Å². The number of nitrogens with two attached hydrogens (primary N) is 1. The van der Waals surface area contributed by atoms with E-state index in [1.54, 1.807) is 7.11 Å². The fourth-order valence-electron chi connectivity index (χ4n) is 2.08.